The van der Waals surface area contributed by atoms with Crippen molar-refractivity contribution in [3.8, 4) is 0 Å². The maximum absolute atomic E-state index is 9.16. The zero-order chi connectivity index (χ0) is 14.2. The summed E-state index contributed by atoms with van der Waals surface area (Å²) >= 11 is 0. The van der Waals surface area contributed by atoms with Crippen LogP contribution in [-0.2, 0) is 19.6 Å². The zero-order valence-electron chi connectivity index (χ0n) is 12.0. The molecule has 0 aromatic heterocycles. The quantitative estimate of drug-likeness (QED) is 0.808. The minimum Gasteiger partial charge on any atom is -0.392 e. The summed E-state index contributed by atoms with van der Waals surface area (Å²) in [6, 6.07) is 19.2. The maximum Gasteiger partial charge on any atom is 0.0681 e. The van der Waals surface area contributed by atoms with Crippen LogP contribution in [0.1, 0.15) is 30.0 Å². The molecule has 0 radical (unpaired) electrons. The molecule has 20 heavy (non-hydrogen) atoms. The van der Waals surface area contributed by atoms with Crippen LogP contribution in [0.2, 0.25) is 0 Å². The summed E-state index contributed by atoms with van der Waals surface area (Å²) in [7, 11) is 0. The number of benzene rings is 2. The molecule has 1 unspecified atom stereocenters. The van der Waals surface area contributed by atoms with Crippen molar-refractivity contribution in [3.05, 3.63) is 71.3 Å². The van der Waals surface area contributed by atoms with Crippen LogP contribution in [0, 0.1) is 0 Å². The van der Waals surface area contributed by atoms with Crippen molar-refractivity contribution in [1.29, 1.82) is 0 Å². The van der Waals surface area contributed by atoms with Crippen molar-refractivity contribution < 1.29 is 5.11 Å². The van der Waals surface area contributed by atoms with Gasteiger partial charge in [0, 0.05) is 12.6 Å². The topological polar surface area (TPSA) is 32.3 Å². The SMILES string of the molecule is CCC(Cc1ccccc1)NCc1cccc(CO)c1. The van der Waals surface area contributed by atoms with Gasteiger partial charge >= 0.3 is 0 Å². The third-order valence-corrected chi connectivity index (χ3v) is 3.59. The Hall–Kier alpha value is -1.64. The molecule has 0 spiro atoms. The standard InChI is InChI=1S/C18H23NO/c1-2-18(12-15-7-4-3-5-8-15)19-13-16-9-6-10-17(11-16)14-20/h3-11,18-20H,2,12-14H2,1H3. The Labute approximate surface area is 121 Å². The Morgan fingerprint density at radius 2 is 1.65 bits per heavy atom. The van der Waals surface area contributed by atoms with Crippen LogP contribution in [0.3, 0.4) is 0 Å². The second kappa shape index (κ2) is 7.83. The van der Waals surface area contributed by atoms with Crippen LogP contribution < -0.4 is 5.32 Å². The van der Waals surface area contributed by atoms with Crippen LogP contribution in [-0.4, -0.2) is 11.1 Å². The fourth-order valence-electron chi connectivity index (χ4n) is 2.36. The fraction of sp³-hybridized carbons (Fsp3) is 0.333. The van der Waals surface area contributed by atoms with E-state index in [1.54, 1.807) is 0 Å². The van der Waals surface area contributed by atoms with Crippen molar-refractivity contribution in [2.24, 2.45) is 0 Å². The lowest BCUT2D eigenvalue weighted by Crippen LogP contribution is -2.30. The minimum absolute atomic E-state index is 0.106. The fourth-order valence-corrected chi connectivity index (χ4v) is 2.36. The Morgan fingerprint density at radius 1 is 0.950 bits per heavy atom. The lowest BCUT2D eigenvalue weighted by molar-refractivity contribution is 0.281. The molecule has 2 nitrogen and oxygen atoms in total. The van der Waals surface area contributed by atoms with E-state index < -0.39 is 0 Å². The van der Waals surface area contributed by atoms with Crippen LogP contribution in [0.5, 0.6) is 0 Å². The molecule has 2 aromatic carbocycles. The van der Waals surface area contributed by atoms with Gasteiger partial charge in [-0.1, -0.05) is 61.5 Å². The molecule has 2 rings (SSSR count). The normalized spacial score (nSPS) is 12.3. The highest BCUT2D eigenvalue weighted by atomic mass is 16.3. The van der Waals surface area contributed by atoms with Crippen molar-refractivity contribution in [2.45, 2.75) is 39.0 Å². The molecular formula is C18H23NO. The molecular weight excluding hydrogens is 246 g/mol. The number of aliphatic hydroxyl groups excluding tert-OH is 1. The van der Waals surface area contributed by atoms with E-state index in [1.807, 2.05) is 12.1 Å². The number of aliphatic hydroxyl groups is 1. The second-order valence-electron chi connectivity index (χ2n) is 5.15. The van der Waals surface area contributed by atoms with Crippen LogP contribution in [0.4, 0.5) is 0 Å². The predicted molar refractivity (Wildman–Crippen MR) is 83.4 cm³/mol. The number of hydrogen-bond acceptors (Lipinski definition) is 2. The van der Waals surface area contributed by atoms with E-state index in [4.69, 9.17) is 5.11 Å². The summed E-state index contributed by atoms with van der Waals surface area (Å²) in [6.45, 7) is 3.17. The van der Waals surface area contributed by atoms with Gasteiger partial charge in [-0.25, -0.2) is 0 Å². The van der Waals surface area contributed by atoms with Gasteiger partial charge in [-0.15, -0.1) is 0 Å². The molecule has 2 heteroatoms. The van der Waals surface area contributed by atoms with E-state index in [9.17, 15) is 0 Å². The van der Waals surface area contributed by atoms with Crippen LogP contribution in [0.25, 0.3) is 0 Å². The van der Waals surface area contributed by atoms with Gasteiger partial charge in [0.2, 0.25) is 0 Å². The van der Waals surface area contributed by atoms with Gasteiger partial charge in [0.15, 0.2) is 0 Å². The molecule has 0 bridgehead atoms. The molecule has 0 saturated carbocycles. The van der Waals surface area contributed by atoms with Gasteiger partial charge in [-0.2, -0.15) is 0 Å². The second-order valence-corrected chi connectivity index (χ2v) is 5.15. The molecule has 0 aliphatic heterocycles. The Morgan fingerprint density at radius 3 is 2.35 bits per heavy atom. The van der Waals surface area contributed by atoms with Gasteiger partial charge in [0.05, 0.1) is 6.61 Å². The van der Waals surface area contributed by atoms with Gasteiger partial charge in [0.25, 0.3) is 0 Å². The Kier molecular flexibility index (Phi) is 5.78. The molecule has 0 aliphatic rings. The van der Waals surface area contributed by atoms with Crippen molar-refractivity contribution >= 4 is 0 Å². The van der Waals surface area contributed by atoms with E-state index in [0.717, 1.165) is 24.9 Å². The highest BCUT2D eigenvalue weighted by Crippen LogP contribution is 2.09. The van der Waals surface area contributed by atoms with Crippen LogP contribution >= 0.6 is 0 Å². The highest BCUT2D eigenvalue weighted by Gasteiger charge is 2.06. The first kappa shape index (κ1) is 14.8. The van der Waals surface area contributed by atoms with Crippen molar-refractivity contribution in [1.82, 2.24) is 5.32 Å². The zero-order valence-corrected chi connectivity index (χ0v) is 12.0. The smallest absolute Gasteiger partial charge is 0.0681 e. The molecule has 106 valence electrons. The van der Waals surface area contributed by atoms with Gasteiger partial charge in [-0.05, 0) is 29.5 Å². The number of rotatable bonds is 7. The molecule has 0 fully saturated rings. The average Bonchev–Trinajstić information content (AvgIpc) is 2.52. The first-order valence-electron chi connectivity index (χ1n) is 7.27. The monoisotopic (exact) mass is 269 g/mol. The van der Waals surface area contributed by atoms with Crippen molar-refractivity contribution in [3.63, 3.8) is 0 Å². The van der Waals surface area contributed by atoms with E-state index in [2.05, 4.69) is 54.7 Å². The summed E-state index contributed by atoms with van der Waals surface area (Å²) in [5.41, 5.74) is 3.57. The van der Waals surface area contributed by atoms with E-state index in [-0.39, 0.29) is 6.61 Å². The lowest BCUT2D eigenvalue weighted by atomic mass is 10.0. The number of hydrogen-bond donors (Lipinski definition) is 2. The van der Waals surface area contributed by atoms with E-state index >= 15 is 0 Å². The summed E-state index contributed by atoms with van der Waals surface area (Å²) in [4.78, 5) is 0. The molecule has 2 N–H and O–H groups in total. The van der Waals surface area contributed by atoms with Gasteiger partial charge in [0.1, 0.15) is 0 Å². The molecule has 0 amide bonds. The molecule has 1 atom stereocenters. The molecule has 0 heterocycles. The summed E-state index contributed by atoms with van der Waals surface area (Å²) in [5, 5.41) is 12.8. The first-order valence-corrected chi connectivity index (χ1v) is 7.27. The predicted octanol–water partition coefficient (Wildman–Crippen LogP) is 3.29. The maximum atomic E-state index is 9.16. The van der Waals surface area contributed by atoms with E-state index in [1.165, 1.54) is 11.1 Å². The summed E-state index contributed by atoms with van der Waals surface area (Å²) < 4.78 is 0. The largest absolute Gasteiger partial charge is 0.392 e. The third-order valence-electron chi connectivity index (χ3n) is 3.59. The Bertz CT molecular complexity index is 510. The Balaban J connectivity index is 1.90. The van der Waals surface area contributed by atoms with Crippen LogP contribution in [0.15, 0.2) is 54.6 Å². The highest BCUT2D eigenvalue weighted by molar-refractivity contribution is 5.23. The number of nitrogens with one attached hydrogen (secondary N) is 1. The summed E-state index contributed by atoms with van der Waals surface area (Å²) in [6.07, 6.45) is 2.16. The first-order chi connectivity index (χ1) is 9.81. The van der Waals surface area contributed by atoms with Crippen molar-refractivity contribution in [2.75, 3.05) is 0 Å². The van der Waals surface area contributed by atoms with E-state index in [0.29, 0.717) is 6.04 Å². The van der Waals surface area contributed by atoms with Gasteiger partial charge < -0.3 is 10.4 Å². The molecule has 2 aromatic rings. The third kappa shape index (κ3) is 4.48. The van der Waals surface area contributed by atoms with Gasteiger partial charge in [-0.3, -0.25) is 0 Å². The lowest BCUT2D eigenvalue weighted by Gasteiger charge is -2.17. The minimum atomic E-state index is 0.106. The molecule has 0 aliphatic carbocycles. The molecule has 0 saturated heterocycles. The average molecular weight is 269 g/mol. The summed E-state index contributed by atoms with van der Waals surface area (Å²) in [5.74, 6) is 0.